The van der Waals surface area contributed by atoms with Crippen LogP contribution in [0.25, 0.3) is 0 Å². The van der Waals surface area contributed by atoms with E-state index in [1.807, 2.05) is 0 Å². The number of nitrogens with one attached hydrogen (secondary N) is 2. The molecular weight excluding hydrogens is 224 g/mol. The van der Waals surface area contributed by atoms with E-state index in [2.05, 4.69) is 10.6 Å². The number of carboxylic acid groups (broad SMARTS) is 1. The maximum Gasteiger partial charge on any atom is 0.326 e. The van der Waals surface area contributed by atoms with E-state index in [1.165, 1.54) is 0 Å². The molecule has 0 aromatic rings. The van der Waals surface area contributed by atoms with Crippen molar-refractivity contribution in [3.8, 4) is 0 Å². The molecule has 0 heterocycles. The molecule has 0 saturated carbocycles. The van der Waals surface area contributed by atoms with Gasteiger partial charge in [0.2, 0.25) is 5.91 Å². The average molecular weight is 246 g/mol. The van der Waals surface area contributed by atoms with E-state index < -0.39 is 17.4 Å². The Hall–Kier alpha value is -1.14. The van der Waals surface area contributed by atoms with E-state index in [1.54, 1.807) is 27.9 Å². The van der Waals surface area contributed by atoms with Gasteiger partial charge in [-0.2, -0.15) is 0 Å². The van der Waals surface area contributed by atoms with Gasteiger partial charge in [0.1, 0.15) is 6.04 Å². The Bertz CT molecular complexity index is 261. The van der Waals surface area contributed by atoms with E-state index in [0.29, 0.717) is 13.2 Å². The zero-order valence-corrected chi connectivity index (χ0v) is 10.9. The van der Waals surface area contributed by atoms with E-state index >= 15 is 0 Å². The summed E-state index contributed by atoms with van der Waals surface area (Å²) in [5.41, 5.74) is -0.520. The topological polar surface area (TPSA) is 87.7 Å². The summed E-state index contributed by atoms with van der Waals surface area (Å²) in [6.45, 7) is 6.45. The van der Waals surface area contributed by atoms with Crippen molar-refractivity contribution in [2.75, 3.05) is 26.8 Å². The van der Waals surface area contributed by atoms with Crippen LogP contribution in [-0.2, 0) is 14.3 Å². The first kappa shape index (κ1) is 15.9. The largest absolute Gasteiger partial charge is 0.480 e. The number of hydrogen-bond acceptors (Lipinski definition) is 4. The normalized spacial score (nSPS) is 13.2. The van der Waals surface area contributed by atoms with E-state index in [0.717, 1.165) is 0 Å². The smallest absolute Gasteiger partial charge is 0.326 e. The Balaban J connectivity index is 4.11. The first-order valence-corrected chi connectivity index (χ1v) is 5.51. The maximum absolute atomic E-state index is 11.5. The lowest BCUT2D eigenvalue weighted by Crippen LogP contribution is -2.51. The van der Waals surface area contributed by atoms with Gasteiger partial charge in [0.05, 0.1) is 13.2 Å². The summed E-state index contributed by atoms with van der Waals surface area (Å²) in [5.74, 6) is -1.36. The van der Waals surface area contributed by atoms with Crippen molar-refractivity contribution >= 4 is 11.9 Å². The average Bonchev–Trinajstić information content (AvgIpc) is 2.19. The summed E-state index contributed by atoms with van der Waals surface area (Å²) in [5, 5.41) is 14.4. The Kier molecular flexibility index (Phi) is 6.75. The molecular formula is C11H22N2O4. The van der Waals surface area contributed by atoms with Gasteiger partial charge >= 0.3 is 5.97 Å². The van der Waals surface area contributed by atoms with Crippen LogP contribution in [0.3, 0.4) is 0 Å². The highest BCUT2D eigenvalue weighted by Crippen LogP contribution is 2.19. The highest BCUT2D eigenvalue weighted by molar-refractivity contribution is 5.85. The first-order chi connectivity index (χ1) is 7.79. The van der Waals surface area contributed by atoms with Crippen molar-refractivity contribution in [2.24, 2.45) is 5.41 Å². The number of carbonyl (C=O) groups excluding carboxylic acids is 1. The second kappa shape index (κ2) is 7.24. The van der Waals surface area contributed by atoms with Gasteiger partial charge in [-0.05, 0) is 5.41 Å². The lowest BCUT2D eigenvalue weighted by Gasteiger charge is -2.27. The molecule has 1 amide bonds. The quantitative estimate of drug-likeness (QED) is 0.543. The van der Waals surface area contributed by atoms with Crippen LogP contribution in [0, 0.1) is 5.41 Å². The van der Waals surface area contributed by atoms with Crippen LogP contribution in [0.2, 0.25) is 0 Å². The highest BCUT2D eigenvalue weighted by Gasteiger charge is 2.32. The number of amides is 1. The number of ether oxygens (including phenoxy) is 1. The van der Waals surface area contributed by atoms with E-state index in [9.17, 15) is 9.59 Å². The van der Waals surface area contributed by atoms with Gasteiger partial charge in [0.25, 0.3) is 0 Å². The monoisotopic (exact) mass is 246 g/mol. The molecule has 0 radical (unpaired) electrons. The summed E-state index contributed by atoms with van der Waals surface area (Å²) < 4.78 is 4.81. The second-order valence-corrected chi connectivity index (χ2v) is 4.87. The fourth-order valence-electron chi connectivity index (χ4n) is 1.24. The second-order valence-electron chi connectivity index (χ2n) is 4.87. The summed E-state index contributed by atoms with van der Waals surface area (Å²) >= 11 is 0. The molecule has 0 spiro atoms. The van der Waals surface area contributed by atoms with Gasteiger partial charge < -0.3 is 20.5 Å². The predicted molar refractivity (Wildman–Crippen MR) is 63.8 cm³/mol. The number of aliphatic carboxylic acids is 1. The van der Waals surface area contributed by atoms with Gasteiger partial charge in [0, 0.05) is 13.7 Å². The Morgan fingerprint density at radius 3 is 2.35 bits per heavy atom. The first-order valence-electron chi connectivity index (χ1n) is 5.51. The van der Waals surface area contributed by atoms with Crippen molar-refractivity contribution < 1.29 is 19.4 Å². The highest BCUT2D eigenvalue weighted by atomic mass is 16.5. The standard InChI is InChI=1S/C11H22N2O4/c1-11(2,3)9(10(15)16)13-8(14)7-12-5-6-17-4/h9,12H,5-7H2,1-4H3,(H,13,14)(H,15,16)/t9-/m0/s1. The minimum absolute atomic E-state index is 0.0865. The van der Waals surface area contributed by atoms with Crippen molar-refractivity contribution in [1.29, 1.82) is 0 Å². The molecule has 17 heavy (non-hydrogen) atoms. The number of hydrogen-bond donors (Lipinski definition) is 3. The molecule has 0 fully saturated rings. The molecule has 3 N–H and O–H groups in total. The van der Waals surface area contributed by atoms with Crippen molar-refractivity contribution in [2.45, 2.75) is 26.8 Å². The Morgan fingerprint density at radius 2 is 1.94 bits per heavy atom. The van der Waals surface area contributed by atoms with Crippen LogP contribution in [0.5, 0.6) is 0 Å². The molecule has 0 aromatic carbocycles. The molecule has 100 valence electrons. The fraction of sp³-hybridized carbons (Fsp3) is 0.818. The molecule has 0 aliphatic carbocycles. The third kappa shape index (κ3) is 6.91. The van der Waals surface area contributed by atoms with Crippen LogP contribution in [0.1, 0.15) is 20.8 Å². The fourth-order valence-corrected chi connectivity index (χ4v) is 1.24. The minimum atomic E-state index is -1.03. The molecule has 6 nitrogen and oxygen atoms in total. The minimum Gasteiger partial charge on any atom is -0.480 e. The van der Waals surface area contributed by atoms with Crippen LogP contribution >= 0.6 is 0 Å². The van der Waals surface area contributed by atoms with E-state index in [4.69, 9.17) is 9.84 Å². The summed E-state index contributed by atoms with van der Waals surface area (Å²) in [6, 6.07) is -0.890. The number of methoxy groups -OCH3 is 1. The van der Waals surface area contributed by atoms with Crippen molar-refractivity contribution in [1.82, 2.24) is 10.6 Å². The number of carboxylic acids is 1. The van der Waals surface area contributed by atoms with Crippen molar-refractivity contribution in [3.05, 3.63) is 0 Å². The summed E-state index contributed by atoms with van der Waals surface area (Å²) in [6.07, 6.45) is 0. The molecule has 0 bridgehead atoms. The molecule has 0 aliphatic heterocycles. The predicted octanol–water partition coefficient (Wildman–Crippen LogP) is -0.162. The summed E-state index contributed by atoms with van der Waals surface area (Å²) in [7, 11) is 1.57. The molecule has 0 aromatic heterocycles. The number of rotatable bonds is 7. The van der Waals surface area contributed by atoms with Gasteiger partial charge in [-0.25, -0.2) is 4.79 Å². The van der Waals surface area contributed by atoms with Crippen LogP contribution in [-0.4, -0.2) is 49.8 Å². The SMILES string of the molecule is COCCNCC(=O)N[C@@H](C(=O)O)C(C)(C)C. The van der Waals surface area contributed by atoms with Gasteiger partial charge in [0.15, 0.2) is 0 Å². The van der Waals surface area contributed by atoms with Crippen LogP contribution in [0.4, 0.5) is 0 Å². The van der Waals surface area contributed by atoms with Crippen LogP contribution < -0.4 is 10.6 Å². The van der Waals surface area contributed by atoms with Gasteiger partial charge in [-0.3, -0.25) is 4.79 Å². The van der Waals surface area contributed by atoms with E-state index in [-0.39, 0.29) is 12.5 Å². The van der Waals surface area contributed by atoms with Crippen molar-refractivity contribution in [3.63, 3.8) is 0 Å². The third-order valence-corrected chi connectivity index (χ3v) is 2.19. The summed E-state index contributed by atoms with van der Waals surface area (Å²) in [4.78, 5) is 22.5. The lowest BCUT2D eigenvalue weighted by molar-refractivity contribution is -0.144. The Morgan fingerprint density at radius 1 is 1.35 bits per heavy atom. The molecule has 0 aliphatic rings. The maximum atomic E-state index is 11.5. The molecule has 0 unspecified atom stereocenters. The molecule has 6 heteroatoms. The number of carbonyl (C=O) groups is 2. The molecule has 0 rings (SSSR count). The lowest BCUT2D eigenvalue weighted by atomic mass is 9.87. The molecule has 1 atom stereocenters. The Labute approximate surface area is 102 Å². The zero-order chi connectivity index (χ0) is 13.5. The van der Waals surface area contributed by atoms with Gasteiger partial charge in [-0.15, -0.1) is 0 Å². The van der Waals surface area contributed by atoms with Gasteiger partial charge in [-0.1, -0.05) is 20.8 Å². The molecule has 0 saturated heterocycles. The zero-order valence-electron chi connectivity index (χ0n) is 10.9. The van der Waals surface area contributed by atoms with Crippen LogP contribution in [0.15, 0.2) is 0 Å². The third-order valence-electron chi connectivity index (χ3n) is 2.19.